The van der Waals surface area contributed by atoms with Crippen LogP contribution in [0, 0.1) is 13.0 Å². The minimum absolute atomic E-state index is 0. The Balaban J connectivity index is 0.00000689. The maximum absolute atomic E-state index is 12.7. The Hall–Kier alpha value is -6.13. The molecule has 6 heteroatoms. The van der Waals surface area contributed by atoms with Gasteiger partial charge >= 0.3 is 0 Å². The number of aryl methyl sites for hydroxylation is 1. The van der Waals surface area contributed by atoms with Gasteiger partial charge in [-0.05, 0) is 109 Å². The summed E-state index contributed by atoms with van der Waals surface area (Å²) in [4.78, 5) is 12.7. The standard InChI is InChI=1S/C69H72N3OS.Pt/c1-41-33-46(65(2,3)4)29-31-49(41)59-37-45-36-56(70-60(63(45)74-59)44-34-43-25-20-21-26-50(43)54(35-44)68(11,12)13)51-27-22-28-58-61(51)71-64(53-39-48(67(8,9)10)40-55(62(53)73)69(14,15)16)72(58)57-32-30-47(66(5,6)7)38-52(57)42-23-18-17-19-24-42;/h17-33,35-40,73H,1-16H3;/q-1;. The summed E-state index contributed by atoms with van der Waals surface area (Å²) in [5, 5.41) is 16.1. The molecule has 0 spiro atoms. The fraction of sp³-hybridized carbons (Fsp3) is 0.304. The molecule has 0 atom stereocenters. The molecule has 0 aliphatic carbocycles. The van der Waals surface area contributed by atoms with E-state index in [1.54, 1.807) is 11.3 Å². The van der Waals surface area contributed by atoms with Gasteiger partial charge < -0.3 is 5.11 Å². The van der Waals surface area contributed by atoms with Gasteiger partial charge in [-0.25, -0.2) is 4.98 Å². The first-order chi connectivity index (χ1) is 34.7. The van der Waals surface area contributed by atoms with Crippen LogP contribution in [0.5, 0.6) is 5.75 Å². The van der Waals surface area contributed by atoms with E-state index in [4.69, 9.17) is 9.97 Å². The van der Waals surface area contributed by atoms with Crippen LogP contribution in [-0.4, -0.2) is 19.6 Å². The van der Waals surface area contributed by atoms with Crippen LogP contribution in [0.2, 0.25) is 0 Å². The summed E-state index contributed by atoms with van der Waals surface area (Å²) in [6.07, 6.45) is 0. The molecule has 4 nitrogen and oxygen atoms in total. The van der Waals surface area contributed by atoms with E-state index in [0.717, 1.165) is 77.0 Å². The molecule has 0 saturated carbocycles. The molecule has 10 aromatic rings. The van der Waals surface area contributed by atoms with Crippen LogP contribution in [0.15, 0.2) is 140 Å². The molecule has 3 heterocycles. The molecule has 1 N–H and O–H groups in total. The molecule has 0 amide bonds. The number of imidazole rings is 1. The van der Waals surface area contributed by atoms with Crippen molar-refractivity contribution in [2.24, 2.45) is 0 Å². The number of para-hydroxylation sites is 1. The van der Waals surface area contributed by atoms with Gasteiger partial charge in [0.15, 0.2) is 0 Å². The molecule has 0 aliphatic heterocycles. The maximum Gasteiger partial charge on any atom is 0.149 e. The number of aromatic hydroxyl groups is 1. The Morgan fingerprint density at radius 1 is 0.520 bits per heavy atom. The van der Waals surface area contributed by atoms with Crippen LogP contribution in [0.4, 0.5) is 0 Å². The largest absolute Gasteiger partial charge is 0.507 e. The summed E-state index contributed by atoms with van der Waals surface area (Å²) >= 11 is 1.81. The van der Waals surface area contributed by atoms with Crippen LogP contribution in [-0.2, 0) is 48.1 Å². The molecule has 0 saturated heterocycles. The van der Waals surface area contributed by atoms with Gasteiger partial charge in [-0.2, -0.15) is 0 Å². The summed E-state index contributed by atoms with van der Waals surface area (Å²) in [7, 11) is 0. The predicted octanol–water partition coefficient (Wildman–Crippen LogP) is 19.4. The molecule has 10 rings (SSSR count). The van der Waals surface area contributed by atoms with Crippen molar-refractivity contribution < 1.29 is 26.2 Å². The number of pyridine rings is 1. The Bertz CT molecular complexity index is 3820. The number of benzene rings is 7. The number of hydrogen-bond donors (Lipinski definition) is 1. The Labute approximate surface area is 464 Å². The Morgan fingerprint density at radius 3 is 1.80 bits per heavy atom. The first-order valence-electron chi connectivity index (χ1n) is 26.3. The smallest absolute Gasteiger partial charge is 0.149 e. The van der Waals surface area contributed by atoms with Crippen LogP contribution >= 0.6 is 11.3 Å². The third-order valence-corrected chi connectivity index (χ3v) is 16.1. The molecule has 7 aromatic carbocycles. The number of rotatable bonds is 6. The topological polar surface area (TPSA) is 50.9 Å². The zero-order chi connectivity index (χ0) is 53.0. The zero-order valence-corrected chi connectivity index (χ0v) is 49.9. The SMILES string of the molecule is Cc1cc(C(C)(C)C)ccc1-c1cc2cc(-c3cccc4c3nc(-c3cc(C(C)(C)C)cc(C(C)(C)C)c3O)n4-c3ccc(C(C)(C)C)cc3-c3ccccc3)nc(-c3[c-]c4ccccc4c(C(C)(C)C)c3)c2s1.[Pt]. The van der Waals surface area contributed by atoms with Gasteiger partial charge in [-0.1, -0.05) is 206 Å². The minimum Gasteiger partial charge on any atom is -0.507 e. The van der Waals surface area contributed by atoms with Crippen LogP contribution in [0.1, 0.15) is 137 Å². The second-order valence-electron chi connectivity index (χ2n) is 25.8. The van der Waals surface area contributed by atoms with Crippen LogP contribution in [0.3, 0.4) is 0 Å². The molecule has 0 unspecified atom stereocenters. The van der Waals surface area contributed by atoms with E-state index in [2.05, 4.69) is 261 Å². The third kappa shape index (κ3) is 10.1. The second-order valence-corrected chi connectivity index (χ2v) is 26.8. The van der Waals surface area contributed by atoms with E-state index in [1.165, 1.54) is 38.1 Å². The predicted molar refractivity (Wildman–Crippen MR) is 318 cm³/mol. The second kappa shape index (κ2) is 19.2. The first kappa shape index (κ1) is 53.7. The minimum atomic E-state index is -0.347. The molecule has 386 valence electrons. The number of phenols is 1. The quantitative estimate of drug-likeness (QED) is 0.169. The molecule has 0 fully saturated rings. The van der Waals surface area contributed by atoms with E-state index >= 15 is 0 Å². The van der Waals surface area contributed by atoms with E-state index in [1.807, 2.05) is 0 Å². The molecular formula is C69H72N3OPtS-. The number of thiophene rings is 1. The van der Waals surface area contributed by atoms with Crippen molar-refractivity contribution in [3.05, 3.63) is 179 Å². The number of aromatic nitrogens is 3. The summed E-state index contributed by atoms with van der Waals surface area (Å²) in [6, 6.07) is 54.8. The van der Waals surface area contributed by atoms with Crippen molar-refractivity contribution in [2.75, 3.05) is 0 Å². The van der Waals surface area contributed by atoms with Gasteiger partial charge in [0, 0.05) is 53.0 Å². The average Bonchev–Trinajstić information content (AvgIpc) is 3.94. The monoisotopic (exact) mass is 1190 g/mol. The van der Waals surface area contributed by atoms with Gasteiger partial charge in [-0.15, -0.1) is 40.5 Å². The molecule has 3 aromatic heterocycles. The zero-order valence-electron chi connectivity index (χ0n) is 46.8. The van der Waals surface area contributed by atoms with Gasteiger partial charge in [0.25, 0.3) is 0 Å². The fourth-order valence-electron chi connectivity index (χ4n) is 10.5. The van der Waals surface area contributed by atoms with Crippen molar-refractivity contribution >= 4 is 43.2 Å². The Kier molecular flexibility index (Phi) is 13.7. The van der Waals surface area contributed by atoms with Crippen molar-refractivity contribution in [3.8, 4) is 66.9 Å². The third-order valence-electron chi connectivity index (χ3n) is 14.9. The van der Waals surface area contributed by atoms with E-state index < -0.39 is 0 Å². The maximum atomic E-state index is 12.7. The van der Waals surface area contributed by atoms with Crippen molar-refractivity contribution in [1.82, 2.24) is 14.5 Å². The summed E-state index contributed by atoms with van der Waals surface area (Å²) in [5.74, 6) is 0.921. The van der Waals surface area contributed by atoms with E-state index in [-0.39, 0.29) is 53.9 Å². The van der Waals surface area contributed by atoms with Crippen molar-refractivity contribution in [3.63, 3.8) is 0 Å². The van der Waals surface area contributed by atoms with E-state index in [9.17, 15) is 5.11 Å². The first-order valence-corrected chi connectivity index (χ1v) is 27.1. The van der Waals surface area contributed by atoms with Crippen LogP contribution in [0.25, 0.3) is 93.0 Å². The molecule has 75 heavy (non-hydrogen) atoms. The fourth-order valence-corrected chi connectivity index (χ4v) is 11.7. The molecular weight excluding hydrogens is 1110 g/mol. The summed E-state index contributed by atoms with van der Waals surface area (Å²) in [6.45, 7) is 36.0. The summed E-state index contributed by atoms with van der Waals surface area (Å²) < 4.78 is 3.42. The normalized spacial score (nSPS) is 12.7. The van der Waals surface area contributed by atoms with Gasteiger partial charge in [0.2, 0.25) is 0 Å². The van der Waals surface area contributed by atoms with Gasteiger partial charge in [0.1, 0.15) is 11.6 Å². The molecule has 0 radical (unpaired) electrons. The summed E-state index contributed by atoms with van der Waals surface area (Å²) in [5.41, 5.74) is 16.8. The average molecular weight is 1190 g/mol. The number of fused-ring (bicyclic) bond motifs is 3. The Morgan fingerprint density at radius 2 is 1.15 bits per heavy atom. The molecule has 0 bridgehead atoms. The number of phenolic OH excluding ortho intramolecular Hbond substituents is 1. The number of nitrogens with zero attached hydrogens (tertiary/aromatic N) is 3. The number of hydrogen-bond acceptors (Lipinski definition) is 4. The van der Waals surface area contributed by atoms with Crippen LogP contribution < -0.4 is 0 Å². The van der Waals surface area contributed by atoms with Crippen molar-refractivity contribution in [1.29, 1.82) is 0 Å². The van der Waals surface area contributed by atoms with Gasteiger partial charge in [-0.3, -0.25) is 9.55 Å². The van der Waals surface area contributed by atoms with E-state index in [0.29, 0.717) is 11.4 Å². The van der Waals surface area contributed by atoms with Crippen molar-refractivity contribution in [2.45, 2.75) is 138 Å². The van der Waals surface area contributed by atoms with Gasteiger partial charge in [0.05, 0.1) is 28.0 Å². The molecule has 0 aliphatic rings.